The number of rotatable bonds is 4. The number of pyridine rings is 2. The summed E-state index contributed by atoms with van der Waals surface area (Å²) in [5, 5.41) is 13.5. The standard InChI is InChI=1S/C29H30FN3O2/c1-29(2,35)9-7-18-3-6-27(32-17-18)33-28(34)13-19-11-20-14-22(15-21(20)12-19)24-8-10-31-26-5-4-23(30)16-25(24)26/h3-6,8,10,16-17,19-22,35H,11-15H2,1-2H3,(H,32,33,34)/t19?,20-,21+,22?. The normalized spacial score (nSPS) is 23.5. The molecule has 4 atom stereocenters. The number of carbonyl (C=O) groups excluding carboxylic acids is 1. The molecule has 0 radical (unpaired) electrons. The van der Waals surface area contributed by atoms with Crippen LogP contribution in [0.5, 0.6) is 0 Å². The van der Waals surface area contributed by atoms with Gasteiger partial charge in [0.05, 0.1) is 5.52 Å². The summed E-state index contributed by atoms with van der Waals surface area (Å²) in [7, 11) is 0. The quantitative estimate of drug-likeness (QED) is 0.497. The molecule has 5 rings (SSSR count). The van der Waals surface area contributed by atoms with E-state index in [0.717, 1.165) is 36.6 Å². The third-order valence-electron chi connectivity index (χ3n) is 7.31. The molecule has 2 fully saturated rings. The number of anilines is 1. The Hall–Kier alpha value is -3.30. The van der Waals surface area contributed by atoms with Crippen LogP contribution >= 0.6 is 0 Å². The second-order valence-corrected chi connectivity index (χ2v) is 10.6. The van der Waals surface area contributed by atoms with Gasteiger partial charge in [0.15, 0.2) is 0 Å². The Labute approximate surface area is 205 Å². The number of hydrogen-bond acceptors (Lipinski definition) is 4. The number of aliphatic hydroxyl groups is 1. The average molecular weight is 472 g/mol. The minimum absolute atomic E-state index is 0.00930. The molecular formula is C29H30FN3O2. The Bertz CT molecular complexity index is 1290. The van der Waals surface area contributed by atoms with Crippen LogP contribution in [0.4, 0.5) is 10.2 Å². The van der Waals surface area contributed by atoms with Crippen molar-refractivity contribution < 1.29 is 14.3 Å². The fourth-order valence-electron chi connectivity index (χ4n) is 5.88. The maximum Gasteiger partial charge on any atom is 0.225 e. The van der Waals surface area contributed by atoms with Crippen molar-refractivity contribution in [2.45, 2.75) is 57.5 Å². The summed E-state index contributed by atoms with van der Waals surface area (Å²) < 4.78 is 13.9. The third kappa shape index (κ3) is 5.52. The lowest BCUT2D eigenvalue weighted by molar-refractivity contribution is -0.117. The maximum absolute atomic E-state index is 13.9. The van der Waals surface area contributed by atoms with E-state index in [2.05, 4.69) is 27.1 Å². The van der Waals surface area contributed by atoms with Gasteiger partial charge >= 0.3 is 0 Å². The van der Waals surface area contributed by atoms with Crippen LogP contribution in [0.15, 0.2) is 48.8 Å². The summed E-state index contributed by atoms with van der Waals surface area (Å²) >= 11 is 0. The number of benzene rings is 1. The molecule has 2 N–H and O–H groups in total. The molecule has 2 aliphatic carbocycles. The van der Waals surface area contributed by atoms with Crippen LogP contribution in [-0.2, 0) is 4.79 Å². The predicted octanol–water partition coefficient (Wildman–Crippen LogP) is 5.44. The van der Waals surface area contributed by atoms with E-state index in [9.17, 15) is 14.3 Å². The number of carbonyl (C=O) groups is 1. The maximum atomic E-state index is 13.9. The Kier molecular flexibility index (Phi) is 6.29. The Morgan fingerprint density at radius 3 is 2.57 bits per heavy atom. The summed E-state index contributed by atoms with van der Waals surface area (Å²) in [6.07, 6.45) is 8.24. The molecule has 6 heteroatoms. The van der Waals surface area contributed by atoms with Gasteiger partial charge in [0, 0.05) is 29.8 Å². The van der Waals surface area contributed by atoms with Gasteiger partial charge in [-0.3, -0.25) is 9.78 Å². The zero-order chi connectivity index (χ0) is 24.6. The van der Waals surface area contributed by atoms with Gasteiger partial charge in [-0.2, -0.15) is 0 Å². The molecular weight excluding hydrogens is 441 g/mol. The minimum Gasteiger partial charge on any atom is -0.378 e. The molecule has 2 aromatic heterocycles. The van der Waals surface area contributed by atoms with Crippen LogP contribution in [0.1, 0.15) is 63.0 Å². The second-order valence-electron chi connectivity index (χ2n) is 10.6. The fourth-order valence-corrected chi connectivity index (χ4v) is 5.88. The van der Waals surface area contributed by atoms with Crippen molar-refractivity contribution in [2.24, 2.45) is 17.8 Å². The van der Waals surface area contributed by atoms with Gasteiger partial charge < -0.3 is 10.4 Å². The largest absolute Gasteiger partial charge is 0.378 e. The monoisotopic (exact) mass is 471 g/mol. The molecule has 2 heterocycles. The molecule has 3 aromatic rings. The first-order chi connectivity index (χ1) is 16.7. The number of amides is 1. The summed E-state index contributed by atoms with van der Waals surface area (Å²) in [6, 6.07) is 10.4. The number of halogens is 1. The highest BCUT2D eigenvalue weighted by molar-refractivity contribution is 5.90. The first kappa shape index (κ1) is 23.4. The van der Waals surface area contributed by atoms with Gasteiger partial charge in [-0.05, 0) is 105 Å². The van der Waals surface area contributed by atoms with E-state index < -0.39 is 5.60 Å². The van der Waals surface area contributed by atoms with E-state index in [-0.39, 0.29) is 11.7 Å². The lowest BCUT2D eigenvalue weighted by Gasteiger charge is -2.17. The number of nitrogens with zero attached hydrogens (tertiary/aromatic N) is 2. The average Bonchev–Trinajstić information content (AvgIpc) is 3.36. The highest BCUT2D eigenvalue weighted by Gasteiger charge is 2.42. The molecule has 180 valence electrons. The summed E-state index contributed by atoms with van der Waals surface area (Å²) in [6.45, 7) is 3.25. The van der Waals surface area contributed by atoms with Crippen LogP contribution in [0, 0.1) is 35.4 Å². The molecule has 1 aromatic carbocycles. The molecule has 0 aliphatic heterocycles. The predicted molar refractivity (Wildman–Crippen MR) is 134 cm³/mol. The highest BCUT2D eigenvalue weighted by atomic mass is 19.1. The molecule has 0 spiro atoms. The van der Waals surface area contributed by atoms with Crippen LogP contribution in [0.25, 0.3) is 10.9 Å². The van der Waals surface area contributed by atoms with E-state index in [1.165, 1.54) is 11.6 Å². The molecule has 0 bridgehead atoms. The van der Waals surface area contributed by atoms with Gasteiger partial charge in [-0.1, -0.05) is 11.8 Å². The van der Waals surface area contributed by atoms with E-state index in [1.54, 1.807) is 44.3 Å². The van der Waals surface area contributed by atoms with Crippen molar-refractivity contribution in [1.29, 1.82) is 0 Å². The van der Waals surface area contributed by atoms with Crippen molar-refractivity contribution in [3.8, 4) is 11.8 Å². The van der Waals surface area contributed by atoms with Crippen molar-refractivity contribution in [1.82, 2.24) is 9.97 Å². The van der Waals surface area contributed by atoms with Gasteiger partial charge in [0.2, 0.25) is 5.91 Å². The first-order valence-corrected chi connectivity index (χ1v) is 12.3. The number of aromatic nitrogens is 2. The smallest absolute Gasteiger partial charge is 0.225 e. The zero-order valence-corrected chi connectivity index (χ0v) is 20.1. The molecule has 2 unspecified atom stereocenters. The third-order valence-corrected chi connectivity index (χ3v) is 7.31. The Morgan fingerprint density at radius 1 is 1.11 bits per heavy atom. The van der Waals surface area contributed by atoms with Gasteiger partial charge in [0.25, 0.3) is 0 Å². The van der Waals surface area contributed by atoms with Crippen molar-refractivity contribution in [3.63, 3.8) is 0 Å². The van der Waals surface area contributed by atoms with Gasteiger partial charge in [0.1, 0.15) is 17.2 Å². The molecule has 5 nitrogen and oxygen atoms in total. The Morgan fingerprint density at radius 2 is 1.89 bits per heavy atom. The summed E-state index contributed by atoms with van der Waals surface area (Å²) in [4.78, 5) is 21.3. The molecule has 2 saturated carbocycles. The minimum atomic E-state index is -1.06. The van der Waals surface area contributed by atoms with Crippen LogP contribution in [-0.4, -0.2) is 26.6 Å². The number of fused-ring (bicyclic) bond motifs is 2. The molecule has 2 aliphatic rings. The number of nitrogens with one attached hydrogen (secondary N) is 1. The fraction of sp³-hybridized carbons (Fsp3) is 0.414. The Balaban J connectivity index is 1.15. The van der Waals surface area contributed by atoms with Crippen LogP contribution in [0.2, 0.25) is 0 Å². The van der Waals surface area contributed by atoms with Gasteiger partial charge in [-0.15, -0.1) is 0 Å². The van der Waals surface area contributed by atoms with Crippen molar-refractivity contribution in [3.05, 3.63) is 65.7 Å². The SMILES string of the molecule is CC(C)(O)C#Cc1ccc(NC(=O)CC2C[C@@H]3CC(c4ccnc5ccc(F)cc45)C[C@@H]3C2)nc1. The summed E-state index contributed by atoms with van der Waals surface area (Å²) in [5.74, 6) is 7.94. The highest BCUT2D eigenvalue weighted by Crippen LogP contribution is 2.53. The van der Waals surface area contributed by atoms with Gasteiger partial charge in [-0.25, -0.2) is 9.37 Å². The van der Waals surface area contributed by atoms with Crippen LogP contribution < -0.4 is 5.32 Å². The van der Waals surface area contributed by atoms with Crippen molar-refractivity contribution in [2.75, 3.05) is 5.32 Å². The van der Waals surface area contributed by atoms with Crippen molar-refractivity contribution >= 4 is 22.6 Å². The van der Waals surface area contributed by atoms with E-state index in [0.29, 0.717) is 41.5 Å². The lowest BCUT2D eigenvalue weighted by atomic mass is 9.89. The molecule has 0 saturated heterocycles. The van der Waals surface area contributed by atoms with E-state index in [4.69, 9.17) is 0 Å². The number of hydrogen-bond donors (Lipinski definition) is 2. The second kappa shape index (κ2) is 9.39. The van der Waals surface area contributed by atoms with E-state index in [1.807, 2.05) is 12.3 Å². The summed E-state index contributed by atoms with van der Waals surface area (Å²) in [5.41, 5.74) is 1.69. The molecule has 35 heavy (non-hydrogen) atoms. The molecule has 1 amide bonds. The lowest BCUT2D eigenvalue weighted by Crippen LogP contribution is -2.16. The van der Waals surface area contributed by atoms with E-state index >= 15 is 0 Å². The van der Waals surface area contributed by atoms with Crippen LogP contribution in [0.3, 0.4) is 0 Å². The first-order valence-electron chi connectivity index (χ1n) is 12.3. The zero-order valence-electron chi connectivity index (χ0n) is 20.1. The topological polar surface area (TPSA) is 75.1 Å².